The van der Waals surface area contributed by atoms with E-state index in [2.05, 4.69) is 10.3 Å². The van der Waals surface area contributed by atoms with Gasteiger partial charge in [0.15, 0.2) is 11.5 Å². The fraction of sp³-hybridized carbons (Fsp3) is 0.227. The lowest BCUT2D eigenvalue weighted by Gasteiger charge is -2.09. The Labute approximate surface area is 172 Å². The molecule has 1 amide bonds. The molecule has 0 spiro atoms. The van der Waals surface area contributed by atoms with Gasteiger partial charge in [-0.25, -0.2) is 4.79 Å². The number of hydrogen-bond acceptors (Lipinski definition) is 5. The Bertz CT molecular complexity index is 1170. The fourth-order valence-electron chi connectivity index (χ4n) is 3.27. The predicted octanol–water partition coefficient (Wildman–Crippen LogP) is 1.68. The quantitative estimate of drug-likeness (QED) is 0.580. The summed E-state index contributed by atoms with van der Waals surface area (Å²) in [6.45, 7) is 0.577. The van der Waals surface area contributed by atoms with Crippen molar-refractivity contribution in [2.24, 2.45) is 0 Å². The van der Waals surface area contributed by atoms with Crippen molar-refractivity contribution in [1.82, 2.24) is 14.9 Å². The number of carbonyl (C=O) groups excluding carboxylic acids is 1. The Balaban J connectivity index is 1.43. The Hall–Kier alpha value is -3.81. The van der Waals surface area contributed by atoms with Crippen molar-refractivity contribution in [2.75, 3.05) is 13.3 Å². The van der Waals surface area contributed by atoms with Gasteiger partial charge in [0.25, 0.3) is 11.5 Å². The predicted molar refractivity (Wildman–Crippen MR) is 110 cm³/mol. The highest BCUT2D eigenvalue weighted by Gasteiger charge is 2.17. The first-order valence-corrected chi connectivity index (χ1v) is 9.65. The number of hydrogen-bond donors (Lipinski definition) is 2. The van der Waals surface area contributed by atoms with E-state index in [1.54, 1.807) is 18.2 Å². The van der Waals surface area contributed by atoms with E-state index in [1.807, 2.05) is 30.3 Å². The molecule has 1 aliphatic rings. The SMILES string of the molecule is O=C(NCCCc1ccccc1)c1c[nH]c(=O)n(Cc2ccc3c(c2)OCO3)c1=O. The van der Waals surface area contributed by atoms with Crippen LogP contribution in [0, 0.1) is 0 Å². The number of ether oxygens (including phenoxy) is 2. The molecule has 0 saturated heterocycles. The van der Waals surface area contributed by atoms with Crippen LogP contribution in [-0.4, -0.2) is 28.8 Å². The standard InChI is InChI=1S/C22H21N3O5/c26-20(23-10-4-7-15-5-2-1-3-6-15)17-12-24-22(28)25(21(17)27)13-16-8-9-18-19(11-16)30-14-29-18/h1-3,5-6,8-9,11-12H,4,7,10,13-14H2,(H,23,26)(H,24,28). The highest BCUT2D eigenvalue weighted by atomic mass is 16.7. The number of nitrogens with one attached hydrogen (secondary N) is 2. The summed E-state index contributed by atoms with van der Waals surface area (Å²) in [5, 5.41) is 2.74. The van der Waals surface area contributed by atoms with Gasteiger partial charge in [-0.05, 0) is 36.1 Å². The molecule has 0 atom stereocenters. The molecule has 30 heavy (non-hydrogen) atoms. The van der Waals surface area contributed by atoms with Crippen molar-refractivity contribution in [3.63, 3.8) is 0 Å². The van der Waals surface area contributed by atoms with Crippen LogP contribution < -0.4 is 26.0 Å². The fourth-order valence-corrected chi connectivity index (χ4v) is 3.27. The van der Waals surface area contributed by atoms with E-state index in [4.69, 9.17) is 9.47 Å². The first-order valence-electron chi connectivity index (χ1n) is 9.65. The number of aromatic nitrogens is 2. The van der Waals surface area contributed by atoms with Crippen molar-refractivity contribution >= 4 is 5.91 Å². The van der Waals surface area contributed by atoms with Crippen molar-refractivity contribution in [3.8, 4) is 11.5 Å². The van der Waals surface area contributed by atoms with Crippen LogP contribution >= 0.6 is 0 Å². The normalized spacial score (nSPS) is 12.0. The third kappa shape index (κ3) is 4.27. The molecular weight excluding hydrogens is 386 g/mol. The number of aromatic amines is 1. The summed E-state index contributed by atoms with van der Waals surface area (Å²) < 4.78 is 11.6. The number of carbonyl (C=O) groups is 1. The highest BCUT2D eigenvalue weighted by molar-refractivity contribution is 5.93. The van der Waals surface area contributed by atoms with Gasteiger partial charge >= 0.3 is 5.69 Å². The minimum Gasteiger partial charge on any atom is -0.454 e. The van der Waals surface area contributed by atoms with E-state index in [-0.39, 0.29) is 18.9 Å². The second-order valence-electron chi connectivity index (χ2n) is 6.93. The van der Waals surface area contributed by atoms with Gasteiger partial charge in [0.05, 0.1) is 6.54 Å². The summed E-state index contributed by atoms with van der Waals surface area (Å²) in [6, 6.07) is 15.1. The third-order valence-corrected chi connectivity index (χ3v) is 4.85. The zero-order valence-electron chi connectivity index (χ0n) is 16.2. The van der Waals surface area contributed by atoms with E-state index in [0.717, 1.165) is 23.6 Å². The van der Waals surface area contributed by atoms with Crippen molar-refractivity contribution in [2.45, 2.75) is 19.4 Å². The maximum Gasteiger partial charge on any atom is 0.328 e. The second-order valence-corrected chi connectivity index (χ2v) is 6.93. The molecule has 4 rings (SSSR count). The molecule has 2 aromatic carbocycles. The molecule has 8 heteroatoms. The molecule has 0 fully saturated rings. The van der Waals surface area contributed by atoms with Gasteiger partial charge < -0.3 is 19.8 Å². The van der Waals surface area contributed by atoms with Crippen LogP contribution in [0.2, 0.25) is 0 Å². The zero-order chi connectivity index (χ0) is 20.9. The number of benzene rings is 2. The van der Waals surface area contributed by atoms with E-state index < -0.39 is 17.2 Å². The largest absolute Gasteiger partial charge is 0.454 e. The van der Waals surface area contributed by atoms with Crippen LogP contribution in [0.25, 0.3) is 0 Å². The van der Waals surface area contributed by atoms with E-state index in [0.29, 0.717) is 23.6 Å². The van der Waals surface area contributed by atoms with Crippen molar-refractivity contribution in [1.29, 1.82) is 0 Å². The average Bonchev–Trinajstić information content (AvgIpc) is 3.23. The van der Waals surface area contributed by atoms with Gasteiger partial charge in [-0.3, -0.25) is 14.2 Å². The first-order chi connectivity index (χ1) is 14.6. The summed E-state index contributed by atoms with van der Waals surface area (Å²) in [4.78, 5) is 39.9. The number of amides is 1. The third-order valence-electron chi connectivity index (χ3n) is 4.85. The Morgan fingerprint density at radius 1 is 1.03 bits per heavy atom. The average molecular weight is 407 g/mol. The van der Waals surface area contributed by atoms with Crippen LogP contribution in [0.1, 0.15) is 27.9 Å². The van der Waals surface area contributed by atoms with E-state index >= 15 is 0 Å². The van der Waals surface area contributed by atoms with Gasteiger partial charge in [-0.1, -0.05) is 36.4 Å². The van der Waals surface area contributed by atoms with Crippen molar-refractivity contribution in [3.05, 3.63) is 92.3 Å². The van der Waals surface area contributed by atoms with Gasteiger partial charge in [-0.2, -0.15) is 0 Å². The number of nitrogens with zero attached hydrogens (tertiary/aromatic N) is 1. The molecule has 8 nitrogen and oxygen atoms in total. The molecule has 1 aromatic heterocycles. The number of H-pyrrole nitrogens is 1. The van der Waals surface area contributed by atoms with Gasteiger partial charge in [-0.15, -0.1) is 0 Å². The molecule has 0 aliphatic carbocycles. The number of rotatable bonds is 7. The number of aryl methyl sites for hydroxylation is 1. The van der Waals surface area contributed by atoms with Gasteiger partial charge in [0.2, 0.25) is 6.79 Å². The Morgan fingerprint density at radius 3 is 2.67 bits per heavy atom. The maximum atomic E-state index is 12.7. The molecule has 2 N–H and O–H groups in total. The first kappa shape index (κ1) is 19.5. The minimum atomic E-state index is -0.642. The molecule has 154 valence electrons. The Kier molecular flexibility index (Phi) is 5.65. The van der Waals surface area contributed by atoms with Gasteiger partial charge in [0.1, 0.15) is 5.56 Å². The smallest absolute Gasteiger partial charge is 0.328 e. The Morgan fingerprint density at radius 2 is 1.83 bits per heavy atom. The van der Waals surface area contributed by atoms with Crippen molar-refractivity contribution < 1.29 is 14.3 Å². The highest BCUT2D eigenvalue weighted by Crippen LogP contribution is 2.32. The molecular formula is C22H21N3O5. The lowest BCUT2D eigenvalue weighted by molar-refractivity contribution is 0.0950. The zero-order valence-corrected chi connectivity index (χ0v) is 16.2. The minimum absolute atomic E-state index is 0.0138. The van der Waals surface area contributed by atoms with Crippen LogP contribution in [0.15, 0.2) is 64.3 Å². The van der Waals surface area contributed by atoms with E-state index in [9.17, 15) is 14.4 Å². The maximum absolute atomic E-state index is 12.7. The molecule has 1 aliphatic heterocycles. The lowest BCUT2D eigenvalue weighted by atomic mass is 10.1. The summed E-state index contributed by atoms with van der Waals surface area (Å²) in [7, 11) is 0. The van der Waals surface area contributed by atoms with Crippen LogP contribution in [0.3, 0.4) is 0 Å². The van der Waals surface area contributed by atoms with E-state index in [1.165, 1.54) is 5.56 Å². The molecule has 0 saturated carbocycles. The van der Waals surface area contributed by atoms with Crippen LogP contribution in [0.5, 0.6) is 11.5 Å². The summed E-state index contributed by atoms with van der Waals surface area (Å²) in [5.74, 6) is 0.664. The molecule has 3 aromatic rings. The summed E-state index contributed by atoms with van der Waals surface area (Å²) >= 11 is 0. The van der Waals surface area contributed by atoms with Gasteiger partial charge in [0, 0.05) is 12.7 Å². The molecule has 0 unspecified atom stereocenters. The number of fused-ring (bicyclic) bond motifs is 1. The monoisotopic (exact) mass is 407 g/mol. The van der Waals surface area contributed by atoms with Crippen LogP contribution in [0.4, 0.5) is 0 Å². The topological polar surface area (TPSA) is 102 Å². The molecule has 2 heterocycles. The summed E-state index contributed by atoms with van der Waals surface area (Å²) in [6.07, 6.45) is 2.72. The van der Waals surface area contributed by atoms with Crippen LogP contribution in [-0.2, 0) is 13.0 Å². The second kappa shape index (κ2) is 8.69. The molecule has 0 bridgehead atoms. The molecule has 0 radical (unpaired) electrons. The summed E-state index contributed by atoms with van der Waals surface area (Å²) in [5.41, 5.74) is 0.541. The lowest BCUT2D eigenvalue weighted by Crippen LogP contribution is -2.41.